The van der Waals surface area contributed by atoms with Crippen molar-refractivity contribution in [3.05, 3.63) is 34.4 Å². The summed E-state index contributed by atoms with van der Waals surface area (Å²) in [5, 5.41) is 15.6. The zero-order chi connectivity index (χ0) is 14.8. The number of hydrogen-bond acceptors (Lipinski definition) is 5. The Morgan fingerprint density at radius 3 is 2.65 bits per heavy atom. The van der Waals surface area contributed by atoms with Crippen LogP contribution in [0, 0.1) is 10.1 Å². The normalized spacial score (nSPS) is 20.3. The van der Waals surface area contributed by atoms with Crippen molar-refractivity contribution >= 4 is 27.2 Å². The molecule has 0 spiro atoms. The molecule has 1 aliphatic heterocycles. The maximum atomic E-state index is 11.7. The number of hydrogen-bond donors (Lipinski definition) is 2. The number of amides is 2. The third-order valence-corrected chi connectivity index (χ3v) is 4.68. The summed E-state index contributed by atoms with van der Waals surface area (Å²) >= 11 is 0. The number of anilines is 1. The van der Waals surface area contributed by atoms with Gasteiger partial charge in [0.1, 0.15) is 5.69 Å². The second-order valence-corrected chi connectivity index (χ2v) is 6.70. The van der Waals surface area contributed by atoms with E-state index in [0.29, 0.717) is 6.42 Å². The highest BCUT2D eigenvalue weighted by Gasteiger charge is 2.29. The Morgan fingerprint density at radius 1 is 1.35 bits per heavy atom. The number of para-hydroxylation sites is 2. The number of nitro benzene ring substituents is 1. The Bertz CT molecular complexity index is 643. The molecular formula is C11H13N3O5S. The first kappa shape index (κ1) is 14.3. The molecule has 1 atom stereocenters. The van der Waals surface area contributed by atoms with Crippen molar-refractivity contribution in [1.29, 1.82) is 0 Å². The molecule has 9 heteroatoms. The minimum absolute atomic E-state index is 0.0451. The Labute approximate surface area is 115 Å². The summed E-state index contributed by atoms with van der Waals surface area (Å²) in [6, 6.07) is 4.62. The van der Waals surface area contributed by atoms with Crippen LogP contribution in [0.4, 0.5) is 16.2 Å². The van der Waals surface area contributed by atoms with Crippen molar-refractivity contribution in [2.24, 2.45) is 0 Å². The summed E-state index contributed by atoms with van der Waals surface area (Å²) in [4.78, 5) is 21.9. The number of urea groups is 1. The van der Waals surface area contributed by atoms with Crippen molar-refractivity contribution in [3.63, 3.8) is 0 Å². The first-order valence-electron chi connectivity index (χ1n) is 5.89. The van der Waals surface area contributed by atoms with E-state index in [0.717, 1.165) is 0 Å². The molecule has 0 radical (unpaired) electrons. The van der Waals surface area contributed by atoms with Gasteiger partial charge in [-0.2, -0.15) is 0 Å². The summed E-state index contributed by atoms with van der Waals surface area (Å²) in [7, 11) is -3.09. The van der Waals surface area contributed by atoms with Crippen LogP contribution in [0.1, 0.15) is 6.42 Å². The summed E-state index contributed by atoms with van der Waals surface area (Å²) < 4.78 is 22.5. The van der Waals surface area contributed by atoms with Gasteiger partial charge in [0.2, 0.25) is 0 Å². The molecule has 0 saturated carbocycles. The molecule has 2 amide bonds. The van der Waals surface area contributed by atoms with E-state index in [1.807, 2.05) is 0 Å². The van der Waals surface area contributed by atoms with Gasteiger partial charge in [-0.3, -0.25) is 10.1 Å². The number of carbonyl (C=O) groups excluding carboxylic acids is 1. The number of sulfone groups is 1. The van der Waals surface area contributed by atoms with Crippen molar-refractivity contribution in [2.45, 2.75) is 12.5 Å². The van der Waals surface area contributed by atoms with E-state index in [9.17, 15) is 23.3 Å². The van der Waals surface area contributed by atoms with Crippen LogP contribution < -0.4 is 10.6 Å². The highest BCUT2D eigenvalue weighted by Crippen LogP contribution is 2.23. The van der Waals surface area contributed by atoms with Gasteiger partial charge in [-0.1, -0.05) is 12.1 Å². The lowest BCUT2D eigenvalue weighted by Gasteiger charge is -2.12. The van der Waals surface area contributed by atoms with E-state index in [-0.39, 0.29) is 22.9 Å². The van der Waals surface area contributed by atoms with Crippen molar-refractivity contribution < 1.29 is 18.1 Å². The van der Waals surface area contributed by atoms with E-state index in [4.69, 9.17) is 0 Å². The molecule has 1 heterocycles. The van der Waals surface area contributed by atoms with Crippen LogP contribution in [0.5, 0.6) is 0 Å². The van der Waals surface area contributed by atoms with Crippen LogP contribution in [0.25, 0.3) is 0 Å². The van der Waals surface area contributed by atoms with Gasteiger partial charge in [0.25, 0.3) is 5.69 Å². The van der Waals surface area contributed by atoms with Crippen LogP contribution in [-0.4, -0.2) is 36.9 Å². The molecule has 2 N–H and O–H groups in total. The molecule has 2 rings (SSSR count). The topological polar surface area (TPSA) is 118 Å². The van der Waals surface area contributed by atoms with Gasteiger partial charge < -0.3 is 10.6 Å². The molecule has 1 aliphatic rings. The molecule has 1 aromatic rings. The van der Waals surface area contributed by atoms with Crippen molar-refractivity contribution in [3.8, 4) is 0 Å². The second kappa shape index (κ2) is 5.45. The summed E-state index contributed by atoms with van der Waals surface area (Å²) in [5.74, 6) is -0.0548. The predicted molar refractivity (Wildman–Crippen MR) is 72.3 cm³/mol. The fourth-order valence-corrected chi connectivity index (χ4v) is 3.66. The number of nitrogens with zero attached hydrogens (tertiary/aromatic N) is 1. The average molecular weight is 299 g/mol. The van der Waals surface area contributed by atoms with Gasteiger partial charge in [-0.25, -0.2) is 13.2 Å². The molecule has 0 bridgehead atoms. The third kappa shape index (κ3) is 3.44. The lowest BCUT2D eigenvalue weighted by atomic mass is 10.2. The smallest absolute Gasteiger partial charge is 0.319 e. The lowest BCUT2D eigenvalue weighted by molar-refractivity contribution is -0.383. The summed E-state index contributed by atoms with van der Waals surface area (Å²) in [5.41, 5.74) is -0.155. The van der Waals surface area contributed by atoms with Crippen LogP contribution in [0.15, 0.2) is 24.3 Å². The Kier molecular flexibility index (Phi) is 3.89. The van der Waals surface area contributed by atoms with Gasteiger partial charge in [-0.05, 0) is 12.5 Å². The molecule has 1 unspecified atom stereocenters. The molecular weight excluding hydrogens is 286 g/mol. The largest absolute Gasteiger partial charge is 0.334 e. The molecule has 0 aliphatic carbocycles. The summed E-state index contributed by atoms with van der Waals surface area (Å²) in [6.07, 6.45) is 0.354. The molecule has 1 fully saturated rings. The first-order chi connectivity index (χ1) is 9.37. The van der Waals surface area contributed by atoms with Crippen LogP contribution in [0.2, 0.25) is 0 Å². The van der Waals surface area contributed by atoms with Gasteiger partial charge in [0, 0.05) is 12.1 Å². The van der Waals surface area contributed by atoms with Crippen LogP contribution >= 0.6 is 0 Å². The van der Waals surface area contributed by atoms with Crippen molar-refractivity contribution in [1.82, 2.24) is 5.32 Å². The molecule has 108 valence electrons. The minimum atomic E-state index is -3.09. The highest BCUT2D eigenvalue weighted by atomic mass is 32.2. The Morgan fingerprint density at radius 2 is 2.05 bits per heavy atom. The number of rotatable bonds is 3. The van der Waals surface area contributed by atoms with Gasteiger partial charge >= 0.3 is 6.03 Å². The number of nitrogens with one attached hydrogen (secondary N) is 2. The van der Waals surface area contributed by atoms with Crippen molar-refractivity contribution in [2.75, 3.05) is 16.8 Å². The maximum Gasteiger partial charge on any atom is 0.319 e. The third-order valence-electron chi connectivity index (χ3n) is 2.92. The van der Waals surface area contributed by atoms with Gasteiger partial charge in [0.15, 0.2) is 9.84 Å². The first-order valence-corrected chi connectivity index (χ1v) is 7.71. The molecule has 1 saturated heterocycles. The fourth-order valence-electron chi connectivity index (χ4n) is 1.99. The van der Waals surface area contributed by atoms with Gasteiger partial charge in [-0.15, -0.1) is 0 Å². The molecule has 0 aromatic heterocycles. The minimum Gasteiger partial charge on any atom is -0.334 e. The zero-order valence-electron chi connectivity index (χ0n) is 10.4. The standard InChI is InChI=1S/C11H13N3O5S/c15-11(12-8-5-6-20(18,19)7-8)13-9-3-1-2-4-10(9)14(16)17/h1-4,8H,5-7H2,(H2,12,13,15). The van der Waals surface area contributed by atoms with Crippen LogP contribution in [0.3, 0.4) is 0 Å². The number of benzene rings is 1. The van der Waals surface area contributed by atoms with E-state index in [2.05, 4.69) is 10.6 Å². The molecule has 20 heavy (non-hydrogen) atoms. The highest BCUT2D eigenvalue weighted by molar-refractivity contribution is 7.91. The average Bonchev–Trinajstić information content (AvgIpc) is 2.68. The number of nitro groups is 1. The monoisotopic (exact) mass is 299 g/mol. The fraction of sp³-hybridized carbons (Fsp3) is 0.364. The molecule has 8 nitrogen and oxygen atoms in total. The van der Waals surface area contributed by atoms with Crippen LogP contribution in [-0.2, 0) is 9.84 Å². The van der Waals surface area contributed by atoms with E-state index in [1.54, 1.807) is 6.07 Å². The second-order valence-electron chi connectivity index (χ2n) is 4.47. The summed E-state index contributed by atoms with van der Waals surface area (Å²) in [6.45, 7) is 0. The molecule has 1 aromatic carbocycles. The Balaban J connectivity index is 2.01. The maximum absolute atomic E-state index is 11.7. The van der Waals surface area contributed by atoms with E-state index in [1.165, 1.54) is 18.2 Å². The predicted octanol–water partition coefficient (Wildman–Crippen LogP) is 0.903. The SMILES string of the molecule is O=C(Nc1ccccc1[N+](=O)[O-])NC1CCS(=O)(=O)C1. The zero-order valence-corrected chi connectivity index (χ0v) is 11.2. The lowest BCUT2D eigenvalue weighted by Crippen LogP contribution is -2.38. The quantitative estimate of drug-likeness (QED) is 0.635. The van der Waals surface area contributed by atoms with Gasteiger partial charge in [0.05, 0.1) is 16.4 Å². The Hall–Kier alpha value is -2.16. The van der Waals surface area contributed by atoms with E-state index >= 15 is 0 Å². The van der Waals surface area contributed by atoms with E-state index < -0.39 is 26.8 Å². The number of carbonyl (C=O) groups is 1.